The van der Waals surface area contributed by atoms with E-state index in [4.69, 9.17) is 0 Å². The number of hydrogen-bond acceptors (Lipinski definition) is 3. The van der Waals surface area contributed by atoms with Gasteiger partial charge in [-0.25, -0.2) is 4.98 Å². The van der Waals surface area contributed by atoms with Crippen LogP contribution >= 0.6 is 0 Å². The van der Waals surface area contributed by atoms with Crippen LogP contribution in [0, 0.1) is 5.92 Å². The van der Waals surface area contributed by atoms with Crippen molar-refractivity contribution >= 4 is 5.52 Å². The minimum atomic E-state index is -4.41. The molecule has 0 radical (unpaired) electrons. The van der Waals surface area contributed by atoms with Gasteiger partial charge in [0.05, 0.1) is 29.8 Å². The Balaban J connectivity index is 1.32. The number of fused-ring (bicyclic) bond motifs is 1. The summed E-state index contributed by atoms with van der Waals surface area (Å²) in [6.07, 6.45) is 5.65. The van der Waals surface area contributed by atoms with Gasteiger partial charge in [-0.2, -0.15) is 13.2 Å². The summed E-state index contributed by atoms with van der Waals surface area (Å²) in [6, 6.07) is 6.81. The molecule has 1 N–H and O–H groups in total. The number of imidazole rings is 1. The minimum absolute atomic E-state index is 0.133. The van der Waals surface area contributed by atoms with E-state index in [-0.39, 0.29) is 11.8 Å². The second-order valence-electron chi connectivity index (χ2n) is 8.67. The predicted molar refractivity (Wildman–Crippen MR) is 106 cm³/mol. The van der Waals surface area contributed by atoms with Crippen molar-refractivity contribution in [3.05, 3.63) is 65.5 Å². The van der Waals surface area contributed by atoms with Gasteiger partial charge in [-0.05, 0) is 79.5 Å². The first-order valence-corrected chi connectivity index (χ1v) is 10.6. The number of pyridine rings is 2. The molecule has 0 unspecified atom stereocenters. The lowest BCUT2D eigenvalue weighted by Gasteiger charge is -2.33. The van der Waals surface area contributed by atoms with Gasteiger partial charge in [0, 0.05) is 6.20 Å². The van der Waals surface area contributed by atoms with Gasteiger partial charge in [0.1, 0.15) is 5.69 Å². The summed E-state index contributed by atoms with van der Waals surface area (Å²) < 4.78 is 40.3. The topological polar surface area (TPSA) is 50.4 Å². The zero-order chi connectivity index (χ0) is 20.9. The quantitative estimate of drug-likeness (QED) is 0.601. The summed E-state index contributed by atoms with van der Waals surface area (Å²) in [5.74, 6) is 0.848. The standard InChI is InChI=1S/C23H24F3N3O/c24-23(25,26)20-10-7-17(11-28-20)14-1-5-16(6-2-14)22(30)21-19(15-3-4-15)9-8-18-12-27-13-29(18)21/h7-16,22,30H,1-6H2/t14-,16-,22-/m1/s1. The van der Waals surface area contributed by atoms with Crippen LogP contribution in [0.4, 0.5) is 13.2 Å². The van der Waals surface area contributed by atoms with E-state index in [1.165, 1.54) is 11.8 Å². The Hall–Kier alpha value is -2.41. The highest BCUT2D eigenvalue weighted by Crippen LogP contribution is 2.47. The first-order valence-electron chi connectivity index (χ1n) is 10.6. The molecule has 2 fully saturated rings. The molecule has 0 amide bonds. The maximum absolute atomic E-state index is 12.7. The predicted octanol–water partition coefficient (Wildman–Crippen LogP) is 5.63. The van der Waals surface area contributed by atoms with Crippen LogP contribution in [0.1, 0.15) is 79.0 Å². The monoisotopic (exact) mass is 415 g/mol. The summed E-state index contributed by atoms with van der Waals surface area (Å²) in [4.78, 5) is 7.86. The van der Waals surface area contributed by atoms with Crippen molar-refractivity contribution in [1.29, 1.82) is 0 Å². The fraction of sp³-hybridized carbons (Fsp3) is 0.478. The average Bonchev–Trinajstić information content (AvgIpc) is 3.48. The van der Waals surface area contributed by atoms with Crippen molar-refractivity contribution in [2.24, 2.45) is 5.92 Å². The lowest BCUT2D eigenvalue weighted by molar-refractivity contribution is -0.141. The van der Waals surface area contributed by atoms with E-state index < -0.39 is 18.0 Å². The van der Waals surface area contributed by atoms with Crippen LogP contribution in [0.25, 0.3) is 5.52 Å². The van der Waals surface area contributed by atoms with E-state index in [0.29, 0.717) is 5.92 Å². The molecular formula is C23H24F3N3O. The molecule has 0 saturated heterocycles. The highest BCUT2D eigenvalue weighted by molar-refractivity contribution is 5.50. The van der Waals surface area contributed by atoms with E-state index in [0.717, 1.165) is 61.4 Å². The van der Waals surface area contributed by atoms with E-state index in [2.05, 4.69) is 22.1 Å². The molecule has 158 valence electrons. The largest absolute Gasteiger partial charge is 0.433 e. The molecule has 2 aliphatic rings. The summed E-state index contributed by atoms with van der Waals surface area (Å²) in [7, 11) is 0. The van der Waals surface area contributed by atoms with Crippen molar-refractivity contribution in [3.8, 4) is 0 Å². The molecule has 3 heterocycles. The maximum Gasteiger partial charge on any atom is 0.433 e. The van der Waals surface area contributed by atoms with E-state index in [1.807, 2.05) is 4.40 Å². The molecule has 7 heteroatoms. The Morgan fingerprint density at radius 1 is 0.933 bits per heavy atom. The molecule has 2 saturated carbocycles. The number of nitrogens with zero attached hydrogens (tertiary/aromatic N) is 3. The third-order valence-electron chi connectivity index (χ3n) is 6.72. The zero-order valence-electron chi connectivity index (χ0n) is 16.5. The van der Waals surface area contributed by atoms with Crippen molar-refractivity contribution in [2.75, 3.05) is 0 Å². The number of aliphatic hydroxyl groups excluding tert-OH is 1. The molecule has 0 aromatic carbocycles. The molecule has 4 nitrogen and oxygen atoms in total. The molecule has 1 atom stereocenters. The van der Waals surface area contributed by atoms with Crippen molar-refractivity contribution in [1.82, 2.24) is 14.4 Å². The Morgan fingerprint density at radius 2 is 1.67 bits per heavy atom. The molecule has 0 aliphatic heterocycles. The van der Waals surface area contributed by atoms with Gasteiger partial charge in [0.2, 0.25) is 0 Å². The van der Waals surface area contributed by atoms with Crippen LogP contribution in [0.15, 0.2) is 43.0 Å². The Bertz CT molecular complexity index is 1030. The number of rotatable bonds is 4. The second-order valence-corrected chi connectivity index (χ2v) is 8.67. The van der Waals surface area contributed by atoms with Crippen molar-refractivity contribution in [3.63, 3.8) is 0 Å². The van der Waals surface area contributed by atoms with E-state index in [9.17, 15) is 18.3 Å². The highest BCUT2D eigenvalue weighted by atomic mass is 19.4. The van der Waals surface area contributed by atoms with Crippen LogP contribution < -0.4 is 0 Å². The van der Waals surface area contributed by atoms with Crippen LogP contribution in [-0.4, -0.2) is 19.5 Å². The third-order valence-corrected chi connectivity index (χ3v) is 6.72. The van der Waals surface area contributed by atoms with Gasteiger partial charge >= 0.3 is 6.18 Å². The molecule has 0 bridgehead atoms. The van der Waals surface area contributed by atoms with Crippen LogP contribution in [0.3, 0.4) is 0 Å². The first-order chi connectivity index (χ1) is 14.4. The number of halogens is 3. The first kappa shape index (κ1) is 19.5. The molecule has 30 heavy (non-hydrogen) atoms. The van der Waals surface area contributed by atoms with Gasteiger partial charge in [0.15, 0.2) is 0 Å². The van der Waals surface area contributed by atoms with Gasteiger partial charge in [0.25, 0.3) is 0 Å². The fourth-order valence-electron chi connectivity index (χ4n) is 4.89. The summed E-state index contributed by atoms with van der Waals surface area (Å²) >= 11 is 0. The van der Waals surface area contributed by atoms with Crippen LogP contribution in [0.5, 0.6) is 0 Å². The normalized spacial score (nSPS) is 23.6. The SMILES string of the molecule is O[C@@H](c1c(C2CC2)ccc2cncn12)[C@H]1CC[C@H](c2ccc(C(F)(F)F)nc2)CC1. The van der Waals surface area contributed by atoms with Gasteiger partial charge in [-0.3, -0.25) is 4.98 Å². The molecule has 5 rings (SSSR count). The molecule has 0 spiro atoms. The summed E-state index contributed by atoms with van der Waals surface area (Å²) in [5.41, 5.74) is 3.18. The lowest BCUT2D eigenvalue weighted by Crippen LogP contribution is -2.22. The number of hydrogen-bond donors (Lipinski definition) is 1. The number of aromatic nitrogens is 3. The molecular weight excluding hydrogens is 391 g/mol. The third kappa shape index (κ3) is 3.60. The molecule has 3 aromatic rings. The molecule has 3 aromatic heterocycles. The number of aliphatic hydroxyl groups is 1. The average molecular weight is 415 g/mol. The van der Waals surface area contributed by atoms with Crippen molar-refractivity contribution in [2.45, 2.75) is 62.6 Å². The fourth-order valence-corrected chi connectivity index (χ4v) is 4.89. The van der Waals surface area contributed by atoms with Crippen LogP contribution in [0.2, 0.25) is 0 Å². The van der Waals surface area contributed by atoms with Gasteiger partial charge < -0.3 is 9.51 Å². The van der Waals surface area contributed by atoms with E-state index in [1.54, 1.807) is 18.6 Å². The molecule has 2 aliphatic carbocycles. The Morgan fingerprint density at radius 3 is 2.30 bits per heavy atom. The van der Waals surface area contributed by atoms with Crippen molar-refractivity contribution < 1.29 is 18.3 Å². The number of alkyl halides is 3. The summed E-state index contributed by atoms with van der Waals surface area (Å²) in [6.45, 7) is 0. The highest BCUT2D eigenvalue weighted by Gasteiger charge is 2.35. The maximum atomic E-state index is 12.7. The Kier molecular flexibility index (Phi) is 4.81. The zero-order valence-corrected chi connectivity index (χ0v) is 16.5. The van der Waals surface area contributed by atoms with Crippen LogP contribution in [-0.2, 0) is 6.18 Å². The summed E-state index contributed by atoms with van der Waals surface area (Å²) in [5, 5.41) is 11.3. The lowest BCUT2D eigenvalue weighted by atomic mass is 9.76. The van der Waals surface area contributed by atoms with Gasteiger partial charge in [-0.15, -0.1) is 0 Å². The minimum Gasteiger partial charge on any atom is -0.387 e. The second kappa shape index (κ2) is 7.38. The smallest absolute Gasteiger partial charge is 0.387 e. The van der Waals surface area contributed by atoms with E-state index >= 15 is 0 Å². The van der Waals surface area contributed by atoms with Gasteiger partial charge in [-0.1, -0.05) is 12.1 Å². The Labute approximate surface area is 172 Å².